The number of nitrogens with one attached hydrogen (secondary N) is 1. The molecule has 1 N–H and O–H groups in total. The Bertz CT molecular complexity index is 316. The minimum absolute atomic E-state index is 0.301. The molecular formula is C12H26N2O2S. The predicted molar refractivity (Wildman–Crippen MR) is 71.5 cm³/mol. The van der Waals surface area contributed by atoms with Crippen molar-refractivity contribution in [3.05, 3.63) is 0 Å². The van der Waals surface area contributed by atoms with Crippen molar-refractivity contribution in [3.63, 3.8) is 0 Å². The maximum absolute atomic E-state index is 12.1. The van der Waals surface area contributed by atoms with E-state index in [0.29, 0.717) is 30.7 Å². The third kappa shape index (κ3) is 4.56. The topological polar surface area (TPSA) is 49.4 Å². The summed E-state index contributed by atoms with van der Waals surface area (Å²) in [6, 6.07) is 0. The molecule has 5 heteroatoms. The highest BCUT2D eigenvalue weighted by Crippen LogP contribution is 2.24. The molecule has 0 aromatic heterocycles. The summed E-state index contributed by atoms with van der Waals surface area (Å²) in [6.07, 6.45) is 2.68. The van der Waals surface area contributed by atoms with Gasteiger partial charge in [-0.15, -0.1) is 0 Å². The van der Waals surface area contributed by atoms with Crippen LogP contribution < -0.4 is 5.32 Å². The second kappa shape index (κ2) is 6.71. The number of nitrogens with zero attached hydrogens (tertiary/aromatic N) is 1. The van der Waals surface area contributed by atoms with Gasteiger partial charge in [-0.05, 0) is 44.7 Å². The number of piperidine rings is 1. The molecule has 0 aromatic carbocycles. The Morgan fingerprint density at radius 3 is 2.53 bits per heavy atom. The normalized spacial score (nSPS) is 27.2. The van der Waals surface area contributed by atoms with Gasteiger partial charge in [-0.1, -0.05) is 13.8 Å². The predicted octanol–water partition coefficient (Wildman–Crippen LogP) is 1.29. The van der Waals surface area contributed by atoms with E-state index in [4.69, 9.17) is 0 Å². The molecule has 1 heterocycles. The number of hydrogen-bond donors (Lipinski definition) is 1. The Labute approximate surface area is 106 Å². The zero-order valence-corrected chi connectivity index (χ0v) is 12.1. The fourth-order valence-electron chi connectivity index (χ4n) is 2.19. The highest BCUT2D eigenvalue weighted by molar-refractivity contribution is 7.89. The standard InChI is InChI=1S/C12H26N2O2S/c1-11-6-8-14(10-12(11)2)17(15,16)9-5-4-7-13-3/h11-13H,4-10H2,1-3H3. The molecule has 0 aromatic rings. The Balaban J connectivity index is 2.42. The quantitative estimate of drug-likeness (QED) is 0.734. The van der Waals surface area contributed by atoms with E-state index in [1.54, 1.807) is 4.31 Å². The molecule has 102 valence electrons. The molecule has 1 fully saturated rings. The maximum atomic E-state index is 12.1. The van der Waals surface area contributed by atoms with E-state index in [1.807, 2.05) is 7.05 Å². The van der Waals surface area contributed by atoms with E-state index in [9.17, 15) is 8.42 Å². The average Bonchev–Trinajstić information content (AvgIpc) is 2.28. The number of unbranched alkanes of at least 4 members (excludes halogenated alkanes) is 1. The second-order valence-electron chi connectivity index (χ2n) is 5.23. The summed E-state index contributed by atoms with van der Waals surface area (Å²) in [7, 11) is -1.12. The summed E-state index contributed by atoms with van der Waals surface area (Å²) >= 11 is 0. The number of sulfonamides is 1. The first-order chi connectivity index (χ1) is 7.97. The molecule has 0 bridgehead atoms. The maximum Gasteiger partial charge on any atom is 0.214 e. The van der Waals surface area contributed by atoms with Crippen LogP contribution in [0.15, 0.2) is 0 Å². The highest BCUT2D eigenvalue weighted by Gasteiger charge is 2.29. The third-order valence-electron chi connectivity index (χ3n) is 3.77. The lowest BCUT2D eigenvalue weighted by atomic mass is 9.90. The summed E-state index contributed by atoms with van der Waals surface area (Å²) in [5.41, 5.74) is 0. The molecule has 0 spiro atoms. The Morgan fingerprint density at radius 1 is 1.24 bits per heavy atom. The van der Waals surface area contributed by atoms with E-state index in [1.165, 1.54) is 0 Å². The van der Waals surface area contributed by atoms with Crippen molar-refractivity contribution >= 4 is 10.0 Å². The SMILES string of the molecule is CNCCCCS(=O)(=O)N1CCC(C)C(C)C1. The Hall–Kier alpha value is -0.130. The second-order valence-corrected chi connectivity index (χ2v) is 7.32. The molecule has 1 aliphatic heterocycles. The third-order valence-corrected chi connectivity index (χ3v) is 5.69. The van der Waals surface area contributed by atoms with E-state index in [0.717, 1.165) is 25.8 Å². The molecular weight excluding hydrogens is 236 g/mol. The molecule has 0 amide bonds. The van der Waals surface area contributed by atoms with E-state index < -0.39 is 10.0 Å². The first kappa shape index (κ1) is 14.9. The molecule has 1 aliphatic rings. The van der Waals surface area contributed by atoms with E-state index in [-0.39, 0.29) is 0 Å². The smallest absolute Gasteiger partial charge is 0.214 e. The lowest BCUT2D eigenvalue weighted by molar-refractivity contribution is 0.212. The van der Waals surface area contributed by atoms with Gasteiger partial charge in [0.2, 0.25) is 10.0 Å². The van der Waals surface area contributed by atoms with Gasteiger partial charge in [0.25, 0.3) is 0 Å². The van der Waals surface area contributed by atoms with Crippen LogP contribution in [0.4, 0.5) is 0 Å². The van der Waals surface area contributed by atoms with Crippen LogP contribution >= 0.6 is 0 Å². The van der Waals surface area contributed by atoms with Gasteiger partial charge in [0.05, 0.1) is 5.75 Å². The number of rotatable bonds is 6. The average molecular weight is 262 g/mol. The number of hydrogen-bond acceptors (Lipinski definition) is 3. The van der Waals surface area contributed by atoms with Crippen molar-refractivity contribution in [2.24, 2.45) is 11.8 Å². The first-order valence-corrected chi connectivity index (χ1v) is 8.20. The molecule has 17 heavy (non-hydrogen) atoms. The summed E-state index contributed by atoms with van der Waals surface area (Å²) in [5.74, 6) is 1.43. The molecule has 0 aliphatic carbocycles. The largest absolute Gasteiger partial charge is 0.320 e. The molecule has 2 atom stereocenters. The lowest BCUT2D eigenvalue weighted by Crippen LogP contribution is -2.43. The van der Waals surface area contributed by atoms with Crippen molar-refractivity contribution < 1.29 is 8.42 Å². The van der Waals surface area contributed by atoms with Gasteiger partial charge in [-0.25, -0.2) is 12.7 Å². The van der Waals surface area contributed by atoms with E-state index >= 15 is 0 Å². The van der Waals surface area contributed by atoms with Crippen LogP contribution in [0.3, 0.4) is 0 Å². The van der Waals surface area contributed by atoms with Crippen molar-refractivity contribution in [3.8, 4) is 0 Å². The van der Waals surface area contributed by atoms with E-state index in [2.05, 4.69) is 19.2 Å². The summed E-state index contributed by atoms with van der Waals surface area (Å²) in [4.78, 5) is 0. The van der Waals surface area contributed by atoms with Crippen LogP contribution in [0.1, 0.15) is 33.1 Å². The van der Waals surface area contributed by atoms with Gasteiger partial charge in [-0.2, -0.15) is 0 Å². The lowest BCUT2D eigenvalue weighted by Gasteiger charge is -2.34. The van der Waals surface area contributed by atoms with Crippen LogP contribution in [0.25, 0.3) is 0 Å². The van der Waals surface area contributed by atoms with Crippen molar-refractivity contribution in [2.45, 2.75) is 33.1 Å². The van der Waals surface area contributed by atoms with Gasteiger partial charge >= 0.3 is 0 Å². The molecule has 0 radical (unpaired) electrons. The van der Waals surface area contributed by atoms with Gasteiger partial charge in [0, 0.05) is 13.1 Å². The molecule has 0 saturated carbocycles. The first-order valence-electron chi connectivity index (χ1n) is 6.60. The molecule has 1 rings (SSSR count). The summed E-state index contributed by atoms with van der Waals surface area (Å²) in [6.45, 7) is 6.66. The fourth-order valence-corrected chi connectivity index (χ4v) is 3.87. The zero-order chi connectivity index (χ0) is 12.9. The Morgan fingerprint density at radius 2 is 1.94 bits per heavy atom. The van der Waals surface area contributed by atoms with Crippen LogP contribution in [0.5, 0.6) is 0 Å². The van der Waals surface area contributed by atoms with Crippen molar-refractivity contribution in [2.75, 3.05) is 32.4 Å². The fraction of sp³-hybridized carbons (Fsp3) is 1.00. The summed E-state index contributed by atoms with van der Waals surface area (Å²) in [5, 5.41) is 3.04. The minimum Gasteiger partial charge on any atom is -0.320 e. The Kier molecular flexibility index (Phi) is 5.89. The van der Waals surface area contributed by atoms with Crippen LogP contribution in [-0.4, -0.2) is 45.2 Å². The van der Waals surface area contributed by atoms with Crippen LogP contribution in [-0.2, 0) is 10.0 Å². The van der Waals surface area contributed by atoms with Gasteiger partial charge < -0.3 is 5.32 Å². The van der Waals surface area contributed by atoms with Crippen LogP contribution in [0.2, 0.25) is 0 Å². The van der Waals surface area contributed by atoms with Gasteiger partial charge in [-0.3, -0.25) is 0 Å². The zero-order valence-electron chi connectivity index (χ0n) is 11.3. The minimum atomic E-state index is -3.01. The van der Waals surface area contributed by atoms with Crippen molar-refractivity contribution in [1.29, 1.82) is 0 Å². The van der Waals surface area contributed by atoms with Crippen LogP contribution in [0, 0.1) is 11.8 Å². The highest BCUT2D eigenvalue weighted by atomic mass is 32.2. The molecule has 1 saturated heterocycles. The van der Waals surface area contributed by atoms with Crippen molar-refractivity contribution in [1.82, 2.24) is 9.62 Å². The van der Waals surface area contributed by atoms with Gasteiger partial charge in [0.15, 0.2) is 0 Å². The molecule has 4 nitrogen and oxygen atoms in total. The summed E-state index contributed by atoms with van der Waals surface area (Å²) < 4.78 is 25.9. The monoisotopic (exact) mass is 262 g/mol. The van der Waals surface area contributed by atoms with Gasteiger partial charge in [0.1, 0.15) is 0 Å². The molecule has 2 unspecified atom stereocenters.